The van der Waals surface area contributed by atoms with Gasteiger partial charge in [-0.25, -0.2) is 0 Å². The highest BCUT2D eigenvalue weighted by Crippen LogP contribution is 2.23. The molecule has 0 unspecified atom stereocenters. The predicted octanol–water partition coefficient (Wildman–Crippen LogP) is 6.17. The van der Waals surface area contributed by atoms with Gasteiger partial charge in [0.2, 0.25) is 0 Å². The summed E-state index contributed by atoms with van der Waals surface area (Å²) in [6, 6.07) is 21.7. The maximum atomic E-state index is 12.3. The third-order valence-corrected chi connectivity index (χ3v) is 5.07. The predicted molar refractivity (Wildman–Crippen MR) is 108 cm³/mol. The van der Waals surface area contributed by atoms with E-state index in [1.807, 2.05) is 36.4 Å². The molecule has 1 amide bonds. The molecular weight excluding hydrogens is 342 g/mol. The van der Waals surface area contributed by atoms with E-state index >= 15 is 0 Å². The van der Waals surface area contributed by atoms with Crippen molar-refractivity contribution in [2.24, 2.45) is 0 Å². The molecule has 3 nitrogen and oxygen atoms in total. The number of thioether (sulfide) groups is 1. The zero-order chi connectivity index (χ0) is 18.2. The topological polar surface area (TPSA) is 42.2 Å². The Hall–Kier alpha value is -2.46. The molecule has 1 heterocycles. The van der Waals surface area contributed by atoms with Gasteiger partial charge in [0.05, 0.1) is 5.75 Å². The van der Waals surface area contributed by atoms with Crippen LogP contribution in [0, 0.1) is 0 Å². The molecule has 0 aliphatic heterocycles. The van der Waals surface area contributed by atoms with E-state index in [-0.39, 0.29) is 5.91 Å². The fourth-order valence-electron chi connectivity index (χ4n) is 2.58. The summed E-state index contributed by atoms with van der Waals surface area (Å²) < 4.78 is 5.68. The smallest absolute Gasteiger partial charge is 0.291 e. The summed E-state index contributed by atoms with van der Waals surface area (Å²) in [4.78, 5) is 13.5. The number of hydrogen-bond donors (Lipinski definition) is 1. The molecule has 2 aromatic carbocycles. The molecule has 4 heteroatoms. The van der Waals surface area contributed by atoms with Crippen molar-refractivity contribution in [2.45, 2.75) is 36.8 Å². The second-order valence-corrected chi connectivity index (χ2v) is 7.17. The van der Waals surface area contributed by atoms with E-state index in [4.69, 9.17) is 4.42 Å². The van der Waals surface area contributed by atoms with E-state index < -0.39 is 0 Å². The summed E-state index contributed by atoms with van der Waals surface area (Å²) in [5, 5.41) is 2.89. The molecule has 0 radical (unpaired) electrons. The van der Waals surface area contributed by atoms with E-state index in [2.05, 4.69) is 36.5 Å². The van der Waals surface area contributed by atoms with E-state index in [1.54, 1.807) is 17.8 Å². The molecule has 0 aliphatic rings. The summed E-state index contributed by atoms with van der Waals surface area (Å²) in [7, 11) is 0. The van der Waals surface area contributed by atoms with Crippen LogP contribution in [0.3, 0.4) is 0 Å². The van der Waals surface area contributed by atoms with Crippen molar-refractivity contribution in [3.05, 3.63) is 83.8 Å². The number of carbonyl (C=O) groups is 1. The maximum Gasteiger partial charge on any atom is 0.291 e. The van der Waals surface area contributed by atoms with Gasteiger partial charge in [-0.1, -0.05) is 43.7 Å². The maximum absolute atomic E-state index is 12.3. The number of unbranched alkanes of at least 4 members (excludes halogenated alkanes) is 1. The fraction of sp³-hybridized carbons (Fsp3) is 0.227. The average Bonchev–Trinajstić information content (AvgIpc) is 3.16. The van der Waals surface area contributed by atoms with Crippen molar-refractivity contribution in [3.63, 3.8) is 0 Å². The van der Waals surface area contributed by atoms with Crippen LogP contribution in [0.2, 0.25) is 0 Å². The third kappa shape index (κ3) is 5.27. The largest absolute Gasteiger partial charge is 0.455 e. The van der Waals surface area contributed by atoms with E-state index in [0.717, 1.165) is 17.9 Å². The average molecular weight is 365 g/mol. The first-order valence-electron chi connectivity index (χ1n) is 8.91. The number of nitrogens with one attached hydrogen (secondary N) is 1. The van der Waals surface area contributed by atoms with Gasteiger partial charge in [0, 0.05) is 10.6 Å². The summed E-state index contributed by atoms with van der Waals surface area (Å²) >= 11 is 1.69. The number of amides is 1. The Balaban J connectivity index is 1.54. The molecule has 0 atom stereocenters. The molecule has 0 bridgehead atoms. The first kappa shape index (κ1) is 18.3. The Morgan fingerprint density at radius 3 is 2.50 bits per heavy atom. The lowest BCUT2D eigenvalue weighted by molar-refractivity contribution is 0.0995. The lowest BCUT2D eigenvalue weighted by atomic mass is 10.1. The molecule has 26 heavy (non-hydrogen) atoms. The van der Waals surface area contributed by atoms with Crippen molar-refractivity contribution < 1.29 is 9.21 Å². The lowest BCUT2D eigenvalue weighted by Gasteiger charge is -2.05. The quantitative estimate of drug-likeness (QED) is 0.486. The highest BCUT2D eigenvalue weighted by Gasteiger charge is 2.12. The number of furan rings is 1. The van der Waals surface area contributed by atoms with Crippen LogP contribution in [-0.2, 0) is 12.2 Å². The Labute approximate surface area is 158 Å². The van der Waals surface area contributed by atoms with Crippen LogP contribution in [-0.4, -0.2) is 5.91 Å². The van der Waals surface area contributed by atoms with Crippen molar-refractivity contribution in [1.82, 2.24) is 0 Å². The minimum Gasteiger partial charge on any atom is -0.455 e. The lowest BCUT2D eigenvalue weighted by Crippen LogP contribution is -2.10. The molecule has 3 aromatic rings. The van der Waals surface area contributed by atoms with Crippen LogP contribution < -0.4 is 5.32 Å². The molecule has 3 rings (SSSR count). The van der Waals surface area contributed by atoms with Crippen LogP contribution in [0.4, 0.5) is 5.69 Å². The second-order valence-electron chi connectivity index (χ2n) is 6.12. The summed E-state index contributed by atoms with van der Waals surface area (Å²) in [6.45, 7) is 2.19. The molecule has 134 valence electrons. The monoisotopic (exact) mass is 365 g/mol. The number of anilines is 1. The number of rotatable bonds is 8. The van der Waals surface area contributed by atoms with Gasteiger partial charge in [-0.05, 0) is 54.8 Å². The van der Waals surface area contributed by atoms with Crippen molar-refractivity contribution in [2.75, 3.05) is 5.32 Å². The van der Waals surface area contributed by atoms with E-state index in [9.17, 15) is 4.79 Å². The van der Waals surface area contributed by atoms with Crippen LogP contribution >= 0.6 is 11.8 Å². The van der Waals surface area contributed by atoms with Gasteiger partial charge in [-0.3, -0.25) is 4.79 Å². The number of benzene rings is 2. The Kier molecular flexibility index (Phi) is 6.56. The highest BCUT2D eigenvalue weighted by molar-refractivity contribution is 7.98. The zero-order valence-corrected chi connectivity index (χ0v) is 15.7. The Morgan fingerprint density at radius 1 is 1.00 bits per heavy atom. The number of aryl methyl sites for hydroxylation is 1. The summed E-state index contributed by atoms with van der Waals surface area (Å²) in [6.07, 6.45) is 3.44. The van der Waals surface area contributed by atoms with Crippen LogP contribution in [0.1, 0.15) is 41.6 Å². The van der Waals surface area contributed by atoms with Gasteiger partial charge < -0.3 is 9.73 Å². The summed E-state index contributed by atoms with van der Waals surface area (Å²) in [5.74, 6) is 1.61. The molecule has 1 N–H and O–H groups in total. The molecule has 0 aliphatic carbocycles. The molecule has 0 saturated heterocycles. The van der Waals surface area contributed by atoms with Crippen LogP contribution in [0.5, 0.6) is 0 Å². The zero-order valence-electron chi connectivity index (χ0n) is 14.9. The Bertz CT molecular complexity index is 825. The van der Waals surface area contributed by atoms with Gasteiger partial charge in [-0.15, -0.1) is 11.8 Å². The first-order valence-corrected chi connectivity index (χ1v) is 9.90. The van der Waals surface area contributed by atoms with Gasteiger partial charge in [0.25, 0.3) is 5.91 Å². The molecular formula is C22H23NO2S. The van der Waals surface area contributed by atoms with Crippen LogP contribution in [0.15, 0.2) is 76.0 Å². The van der Waals surface area contributed by atoms with Crippen LogP contribution in [0.25, 0.3) is 0 Å². The fourth-order valence-corrected chi connectivity index (χ4v) is 3.39. The van der Waals surface area contributed by atoms with Gasteiger partial charge in [0.1, 0.15) is 5.76 Å². The molecule has 0 saturated carbocycles. The number of hydrogen-bond acceptors (Lipinski definition) is 3. The van der Waals surface area contributed by atoms with Gasteiger partial charge in [0.15, 0.2) is 5.76 Å². The molecule has 1 aromatic heterocycles. The highest BCUT2D eigenvalue weighted by atomic mass is 32.2. The normalized spacial score (nSPS) is 10.7. The SMILES string of the molecule is CCCCc1ccc(NC(=O)c2ccc(CSc3ccccc3)o2)cc1. The van der Waals surface area contributed by atoms with Gasteiger partial charge in [-0.2, -0.15) is 0 Å². The standard InChI is InChI=1S/C22H23NO2S/c1-2-3-7-17-10-12-18(13-11-17)23-22(24)21-15-14-19(25-21)16-26-20-8-5-4-6-9-20/h4-6,8-15H,2-3,7,16H2,1H3,(H,23,24). The van der Waals surface area contributed by atoms with Crippen molar-refractivity contribution in [1.29, 1.82) is 0 Å². The number of carbonyl (C=O) groups excluding carboxylic acids is 1. The molecule has 0 fully saturated rings. The molecule has 0 spiro atoms. The van der Waals surface area contributed by atoms with Crippen molar-refractivity contribution >= 4 is 23.4 Å². The third-order valence-electron chi connectivity index (χ3n) is 4.04. The van der Waals surface area contributed by atoms with Crippen molar-refractivity contribution in [3.8, 4) is 0 Å². The van der Waals surface area contributed by atoms with Gasteiger partial charge >= 0.3 is 0 Å². The second kappa shape index (κ2) is 9.30. The first-order chi connectivity index (χ1) is 12.7. The Morgan fingerprint density at radius 2 is 1.77 bits per heavy atom. The minimum absolute atomic E-state index is 0.220. The minimum atomic E-state index is -0.220. The van der Waals surface area contributed by atoms with E-state index in [1.165, 1.54) is 23.3 Å². The van der Waals surface area contributed by atoms with E-state index in [0.29, 0.717) is 11.5 Å². The summed E-state index contributed by atoms with van der Waals surface area (Å²) in [5.41, 5.74) is 2.08.